The van der Waals surface area contributed by atoms with Crippen LogP contribution in [0.5, 0.6) is 11.5 Å². The van der Waals surface area contributed by atoms with Crippen LogP contribution < -0.4 is 14.8 Å². The van der Waals surface area contributed by atoms with Crippen LogP contribution in [0.2, 0.25) is 0 Å². The van der Waals surface area contributed by atoms with Crippen LogP contribution >= 0.6 is 12.4 Å². The molecule has 3 aromatic carbocycles. The van der Waals surface area contributed by atoms with Gasteiger partial charge >= 0.3 is 5.97 Å². The van der Waals surface area contributed by atoms with Crippen molar-refractivity contribution < 1.29 is 19.4 Å². The molecule has 164 valence electrons. The third-order valence-electron chi connectivity index (χ3n) is 4.68. The van der Waals surface area contributed by atoms with Gasteiger partial charge in [0.05, 0.1) is 12.2 Å². The number of ether oxygens (including phenoxy) is 2. The number of carboxylic acids is 1. The van der Waals surface area contributed by atoms with E-state index < -0.39 is 5.97 Å². The normalized spacial score (nSPS) is 10.3. The summed E-state index contributed by atoms with van der Waals surface area (Å²) in [6.07, 6.45) is 0. The summed E-state index contributed by atoms with van der Waals surface area (Å²) >= 11 is 0. The van der Waals surface area contributed by atoms with Crippen molar-refractivity contribution in [2.75, 3.05) is 6.61 Å². The maximum Gasteiger partial charge on any atom is 0.335 e. The Hall–Kier alpha value is -3.02. The molecule has 5 nitrogen and oxygen atoms in total. The number of rotatable bonds is 10. The van der Waals surface area contributed by atoms with Crippen LogP contribution in [0.25, 0.3) is 0 Å². The zero-order valence-electron chi connectivity index (χ0n) is 17.8. The molecular formula is C25H28ClNO4. The number of carboxylic acid groups (broad SMARTS) is 1. The highest BCUT2D eigenvalue weighted by atomic mass is 35.5. The Morgan fingerprint density at radius 1 is 0.839 bits per heavy atom. The van der Waals surface area contributed by atoms with E-state index in [1.807, 2.05) is 37.3 Å². The number of aromatic carboxylic acids is 1. The minimum Gasteiger partial charge on any atom is -0.490 e. The lowest BCUT2D eigenvalue weighted by atomic mass is 10.1. The van der Waals surface area contributed by atoms with Crippen LogP contribution in [0, 0.1) is 6.92 Å². The van der Waals surface area contributed by atoms with Gasteiger partial charge in [0.1, 0.15) is 6.61 Å². The molecule has 0 amide bonds. The minimum atomic E-state index is -0.914. The van der Waals surface area contributed by atoms with Gasteiger partial charge in [-0.15, -0.1) is 12.4 Å². The van der Waals surface area contributed by atoms with Crippen LogP contribution in [-0.4, -0.2) is 17.7 Å². The van der Waals surface area contributed by atoms with Crippen molar-refractivity contribution in [1.29, 1.82) is 0 Å². The van der Waals surface area contributed by atoms with E-state index in [2.05, 4.69) is 36.5 Å². The molecule has 0 atom stereocenters. The number of hydrogen-bond donors (Lipinski definition) is 2. The number of halogens is 1. The summed E-state index contributed by atoms with van der Waals surface area (Å²) < 4.78 is 11.8. The molecule has 0 fully saturated rings. The lowest BCUT2D eigenvalue weighted by molar-refractivity contribution is 0.0697. The molecule has 0 aliphatic heterocycles. The molecular weight excluding hydrogens is 414 g/mol. The molecule has 0 unspecified atom stereocenters. The first-order valence-corrected chi connectivity index (χ1v) is 10.0. The zero-order chi connectivity index (χ0) is 21.3. The second-order valence-corrected chi connectivity index (χ2v) is 7.09. The molecule has 0 aliphatic carbocycles. The van der Waals surface area contributed by atoms with E-state index in [0.717, 1.165) is 28.2 Å². The average Bonchev–Trinajstić information content (AvgIpc) is 2.75. The van der Waals surface area contributed by atoms with E-state index in [1.54, 1.807) is 12.1 Å². The van der Waals surface area contributed by atoms with Gasteiger partial charge in [-0.25, -0.2) is 4.79 Å². The topological polar surface area (TPSA) is 67.8 Å². The lowest BCUT2D eigenvalue weighted by Crippen LogP contribution is -2.13. The summed E-state index contributed by atoms with van der Waals surface area (Å²) in [6, 6.07) is 21.1. The Labute approximate surface area is 189 Å². The lowest BCUT2D eigenvalue weighted by Gasteiger charge is -2.14. The smallest absolute Gasteiger partial charge is 0.335 e. The monoisotopic (exact) mass is 441 g/mol. The quantitative estimate of drug-likeness (QED) is 0.442. The van der Waals surface area contributed by atoms with Gasteiger partial charge in [0, 0.05) is 13.1 Å². The maximum atomic E-state index is 10.9. The number of benzene rings is 3. The van der Waals surface area contributed by atoms with Gasteiger partial charge in [-0.05, 0) is 54.8 Å². The molecule has 31 heavy (non-hydrogen) atoms. The van der Waals surface area contributed by atoms with E-state index in [4.69, 9.17) is 14.6 Å². The van der Waals surface area contributed by atoms with Crippen molar-refractivity contribution in [3.05, 3.63) is 94.5 Å². The fraction of sp³-hybridized carbons (Fsp3) is 0.240. The number of carbonyl (C=O) groups is 1. The minimum absolute atomic E-state index is 0. The first kappa shape index (κ1) is 24.3. The molecule has 3 aromatic rings. The fourth-order valence-corrected chi connectivity index (χ4v) is 3.01. The highest BCUT2D eigenvalue weighted by Crippen LogP contribution is 2.29. The van der Waals surface area contributed by atoms with Crippen LogP contribution in [0.15, 0.2) is 66.7 Å². The fourth-order valence-electron chi connectivity index (χ4n) is 3.01. The number of nitrogens with one attached hydrogen (secondary N) is 1. The molecule has 0 spiro atoms. The summed E-state index contributed by atoms with van der Waals surface area (Å²) in [5.74, 6) is 0.544. The highest BCUT2D eigenvalue weighted by molar-refractivity contribution is 5.87. The Kier molecular flexibility index (Phi) is 9.38. The summed E-state index contributed by atoms with van der Waals surface area (Å²) in [7, 11) is 0. The SMILES string of the molecule is CCOc1cc(CNCc2ccc(C(=O)O)cc2)ccc1OCc1ccc(C)cc1.Cl. The van der Waals surface area contributed by atoms with Crippen molar-refractivity contribution in [1.82, 2.24) is 5.32 Å². The third-order valence-corrected chi connectivity index (χ3v) is 4.68. The first-order chi connectivity index (χ1) is 14.5. The molecule has 0 aliphatic rings. The highest BCUT2D eigenvalue weighted by Gasteiger charge is 2.08. The summed E-state index contributed by atoms with van der Waals surface area (Å²) in [5.41, 5.74) is 4.75. The van der Waals surface area contributed by atoms with Crippen molar-refractivity contribution >= 4 is 18.4 Å². The van der Waals surface area contributed by atoms with Crippen LogP contribution in [0.4, 0.5) is 0 Å². The molecule has 6 heteroatoms. The Morgan fingerprint density at radius 2 is 1.45 bits per heavy atom. The first-order valence-electron chi connectivity index (χ1n) is 10.0. The molecule has 0 saturated carbocycles. The summed E-state index contributed by atoms with van der Waals surface area (Å²) in [5, 5.41) is 12.3. The van der Waals surface area contributed by atoms with Gasteiger partial charge in [-0.3, -0.25) is 0 Å². The van der Waals surface area contributed by atoms with Gasteiger partial charge in [-0.1, -0.05) is 48.0 Å². The van der Waals surface area contributed by atoms with Gasteiger partial charge < -0.3 is 19.9 Å². The third kappa shape index (κ3) is 7.31. The van der Waals surface area contributed by atoms with Gasteiger partial charge in [0.15, 0.2) is 11.5 Å². The zero-order valence-corrected chi connectivity index (χ0v) is 18.6. The van der Waals surface area contributed by atoms with E-state index in [1.165, 1.54) is 5.56 Å². The van der Waals surface area contributed by atoms with E-state index in [9.17, 15) is 4.79 Å². The molecule has 0 saturated heterocycles. The maximum absolute atomic E-state index is 10.9. The Bertz CT molecular complexity index is 972. The second-order valence-electron chi connectivity index (χ2n) is 7.09. The standard InChI is InChI=1S/C25H27NO4.ClH/c1-3-29-24-14-21(16-26-15-19-8-11-22(12-9-19)25(27)28)10-13-23(24)30-17-20-6-4-18(2)5-7-20;/h4-14,26H,3,15-17H2,1-2H3,(H,27,28);1H. The molecule has 0 aromatic heterocycles. The number of hydrogen-bond acceptors (Lipinski definition) is 4. The predicted molar refractivity (Wildman–Crippen MR) is 124 cm³/mol. The van der Waals surface area contributed by atoms with Crippen molar-refractivity contribution in [3.8, 4) is 11.5 Å². The summed E-state index contributed by atoms with van der Waals surface area (Å²) in [4.78, 5) is 10.9. The molecule has 0 radical (unpaired) electrons. The van der Waals surface area contributed by atoms with Crippen molar-refractivity contribution in [2.24, 2.45) is 0 Å². The van der Waals surface area contributed by atoms with Gasteiger partial charge in [-0.2, -0.15) is 0 Å². The molecule has 0 bridgehead atoms. The Balaban J connectivity index is 0.00000341. The predicted octanol–water partition coefficient (Wildman–Crippen LogP) is 5.38. The second kappa shape index (κ2) is 12.0. The number of aryl methyl sites for hydroxylation is 1. The van der Waals surface area contributed by atoms with E-state index in [-0.39, 0.29) is 12.4 Å². The van der Waals surface area contributed by atoms with Gasteiger partial charge in [0.25, 0.3) is 0 Å². The largest absolute Gasteiger partial charge is 0.490 e. The van der Waals surface area contributed by atoms with Crippen LogP contribution in [-0.2, 0) is 19.7 Å². The van der Waals surface area contributed by atoms with Crippen LogP contribution in [0.1, 0.15) is 39.5 Å². The van der Waals surface area contributed by atoms with Gasteiger partial charge in [0.2, 0.25) is 0 Å². The van der Waals surface area contributed by atoms with Crippen LogP contribution in [0.3, 0.4) is 0 Å². The average molecular weight is 442 g/mol. The van der Waals surface area contributed by atoms with Crippen molar-refractivity contribution in [2.45, 2.75) is 33.5 Å². The van der Waals surface area contributed by atoms with E-state index >= 15 is 0 Å². The molecule has 3 rings (SSSR count). The van der Waals surface area contributed by atoms with Crippen molar-refractivity contribution in [3.63, 3.8) is 0 Å². The molecule has 0 heterocycles. The van der Waals surface area contributed by atoms with E-state index in [0.29, 0.717) is 31.9 Å². The Morgan fingerprint density at radius 3 is 2.10 bits per heavy atom. The molecule has 2 N–H and O–H groups in total. The summed E-state index contributed by atoms with van der Waals surface area (Å²) in [6.45, 7) is 6.39.